The monoisotopic (exact) mass is 1920 g/mol. The van der Waals surface area contributed by atoms with E-state index in [1.807, 2.05) is 0 Å². The Hall–Kier alpha value is -2.22. The Morgan fingerprint density at radius 2 is 0.205 bits per heavy atom. The van der Waals surface area contributed by atoms with Gasteiger partial charge in [0.15, 0.2) is 35.0 Å². The lowest BCUT2D eigenvalue weighted by Gasteiger charge is -2.13. The summed E-state index contributed by atoms with van der Waals surface area (Å²) >= 11 is 12.5. The molecule has 6 bridgehead atoms. The van der Waals surface area contributed by atoms with Crippen LogP contribution in [0.1, 0.15) is 614 Å². The van der Waals surface area contributed by atoms with Gasteiger partial charge in [-0.2, -0.15) is 0 Å². The highest BCUT2D eigenvalue weighted by Crippen LogP contribution is 2.44. The fourth-order valence-corrected chi connectivity index (χ4v) is 26.7. The lowest BCUT2D eigenvalue weighted by atomic mass is 10.0. The summed E-state index contributed by atoms with van der Waals surface area (Å²) in [4.78, 5) is 42.7. The largest absolute Gasteiger partial charge is 0.208 e. The SMILES string of the molecule is CCCCCCCCCCCCCCCCSc1cc2c(cc1SCCCCCCCCCCCCCCCC)C1=NC3=NC(=NC4=NC(=NC2=N1)c1cc(SCCCCCCCCCCCCCCCC)c(SCCCCCCCCCCCCCCCC)cc14)c1cc(SCCCCCCCCCCCCCCCC)c(SCCCCCCCCCCCCCCCC)cc13. The molecular formula is C120H204N6S6. The van der Waals surface area contributed by atoms with Gasteiger partial charge in [0.1, 0.15) is 0 Å². The van der Waals surface area contributed by atoms with Gasteiger partial charge >= 0.3 is 0 Å². The third kappa shape index (κ3) is 53.6. The molecule has 132 heavy (non-hydrogen) atoms. The average molecular weight is 1920 g/mol. The summed E-state index contributed by atoms with van der Waals surface area (Å²) in [6.07, 6.45) is 116. The fraction of sp³-hybridized carbons (Fsp3) is 0.800. The predicted octanol–water partition coefficient (Wildman–Crippen LogP) is 43.1. The van der Waals surface area contributed by atoms with Gasteiger partial charge in [-0.1, -0.05) is 542 Å². The Balaban J connectivity index is 1.18. The number of amidine groups is 6. The Bertz CT molecular complexity index is 3160. The Kier molecular flexibility index (Phi) is 72.8. The van der Waals surface area contributed by atoms with Crippen LogP contribution in [-0.4, -0.2) is 69.5 Å². The normalized spacial score (nSPS) is 13.2. The van der Waals surface area contributed by atoms with Crippen LogP contribution in [0.4, 0.5) is 0 Å². The average Bonchev–Trinajstić information content (AvgIpc) is 1.59. The molecule has 7 rings (SSSR count). The molecule has 3 aromatic rings. The van der Waals surface area contributed by atoms with Gasteiger partial charge in [0, 0.05) is 62.8 Å². The maximum Gasteiger partial charge on any atom is 0.164 e. The molecule has 0 fully saturated rings. The van der Waals surface area contributed by atoms with E-state index in [1.165, 1.54) is 569 Å². The molecule has 0 spiro atoms. The minimum atomic E-state index is 0.729. The number of rotatable bonds is 96. The molecule has 12 heteroatoms. The van der Waals surface area contributed by atoms with Crippen molar-refractivity contribution in [3.05, 3.63) is 69.8 Å². The molecule has 0 aromatic heterocycles. The highest BCUT2D eigenvalue weighted by Gasteiger charge is 2.34. The van der Waals surface area contributed by atoms with Crippen LogP contribution in [0.2, 0.25) is 0 Å². The molecule has 0 aliphatic carbocycles. The molecule has 4 heterocycles. The smallest absolute Gasteiger partial charge is 0.164 e. The van der Waals surface area contributed by atoms with E-state index >= 15 is 0 Å². The molecule has 0 radical (unpaired) electrons. The first-order chi connectivity index (χ1) is 65.5. The molecule has 750 valence electrons. The fourth-order valence-electron chi connectivity index (χ4n) is 19.8. The van der Waals surface area contributed by atoms with Gasteiger partial charge in [-0.3, -0.25) is 0 Å². The summed E-state index contributed by atoms with van der Waals surface area (Å²) in [5.41, 5.74) is 6.51. The summed E-state index contributed by atoms with van der Waals surface area (Å²) in [7, 11) is 0. The van der Waals surface area contributed by atoms with Crippen molar-refractivity contribution in [1.29, 1.82) is 0 Å². The summed E-state index contributed by atoms with van der Waals surface area (Å²) in [5, 5.41) is 0. The lowest BCUT2D eigenvalue weighted by Crippen LogP contribution is -2.04. The van der Waals surface area contributed by atoms with Crippen LogP contribution >= 0.6 is 70.6 Å². The molecule has 3 aromatic carbocycles. The maximum absolute atomic E-state index is 5.78. The molecule has 0 saturated heterocycles. The van der Waals surface area contributed by atoms with Crippen LogP contribution in [0.15, 0.2) is 95.7 Å². The van der Waals surface area contributed by atoms with E-state index in [2.05, 4.69) is 149 Å². The van der Waals surface area contributed by atoms with Crippen molar-refractivity contribution >= 4 is 106 Å². The minimum Gasteiger partial charge on any atom is -0.208 e. The number of nitrogens with zero attached hydrogens (tertiary/aromatic N) is 6. The standard InChI is InChI=1S/C120H204N6S6/c1-7-13-19-25-31-37-43-49-55-61-67-73-79-85-91-127-109-97-103-104(98-110(109)128-92-86-80-74-68-62-56-50-44-38-32-26-20-14-8-2)116-121-115(103)124-117-105-99-111(129-93-87-81-75-69-63-57-51-45-39-33-27-21-15-9-3)112(130-94-88-82-76-70-64-58-52-46-40-34-28-22-16-10-4)100-106(105)119(122-117)126-120-108-102-114(132-96-90-84-78-72-66-60-54-48-42-36-30-24-18-12-6)113(101-107(108)118(123-120)125-116)131-95-89-83-77-71-65-59-53-47-41-35-29-23-17-11-5/h97-102H,7-96H2,1-6H3. The molecule has 4 aliphatic rings. The molecule has 0 saturated carbocycles. The van der Waals surface area contributed by atoms with Gasteiger partial charge < -0.3 is 0 Å². The quantitative estimate of drug-likeness (QED) is 0.0414. The number of hydrogen-bond donors (Lipinski definition) is 0. The second-order valence-electron chi connectivity index (χ2n) is 40.8. The predicted molar refractivity (Wildman–Crippen MR) is 605 cm³/mol. The van der Waals surface area contributed by atoms with Crippen LogP contribution < -0.4 is 0 Å². The molecule has 0 atom stereocenters. The van der Waals surface area contributed by atoms with E-state index in [1.54, 1.807) is 0 Å². The molecule has 6 nitrogen and oxygen atoms in total. The molecule has 0 unspecified atom stereocenters. The van der Waals surface area contributed by atoms with E-state index in [0.29, 0.717) is 0 Å². The van der Waals surface area contributed by atoms with Crippen molar-refractivity contribution in [3.8, 4) is 0 Å². The Morgan fingerprint density at radius 3 is 0.295 bits per heavy atom. The van der Waals surface area contributed by atoms with Gasteiger partial charge in [-0.25, -0.2) is 30.0 Å². The Morgan fingerprint density at radius 1 is 0.121 bits per heavy atom. The number of aliphatic imine (C=N–C) groups is 6. The molecule has 0 amide bonds. The lowest BCUT2D eigenvalue weighted by molar-refractivity contribution is 0.538. The second-order valence-corrected chi connectivity index (χ2v) is 47.6. The number of thioether (sulfide) groups is 6. The zero-order valence-electron chi connectivity index (χ0n) is 87.2. The second kappa shape index (κ2) is 82.4. The first-order valence-electron chi connectivity index (χ1n) is 58.3. The molecular weight excluding hydrogens is 1720 g/mol. The van der Waals surface area contributed by atoms with Gasteiger partial charge in [-0.15, -0.1) is 70.6 Å². The number of unbranched alkanes of at least 4 members (excludes halogenated alkanes) is 78. The molecule has 4 aliphatic heterocycles. The zero-order valence-corrected chi connectivity index (χ0v) is 92.1. The van der Waals surface area contributed by atoms with E-state index in [4.69, 9.17) is 30.0 Å². The van der Waals surface area contributed by atoms with Crippen molar-refractivity contribution in [2.45, 2.75) is 610 Å². The van der Waals surface area contributed by atoms with Crippen molar-refractivity contribution in [3.63, 3.8) is 0 Å². The van der Waals surface area contributed by atoms with Crippen LogP contribution in [0.3, 0.4) is 0 Å². The van der Waals surface area contributed by atoms with Crippen LogP contribution in [0.5, 0.6) is 0 Å². The van der Waals surface area contributed by atoms with E-state index in [0.717, 1.165) is 103 Å². The third-order valence-electron chi connectivity index (χ3n) is 28.5. The van der Waals surface area contributed by atoms with Crippen LogP contribution in [0, 0.1) is 0 Å². The zero-order chi connectivity index (χ0) is 92.8. The Labute approximate surface area is 843 Å². The number of hydrogen-bond acceptors (Lipinski definition) is 12. The molecule has 0 N–H and O–H groups in total. The van der Waals surface area contributed by atoms with Crippen molar-refractivity contribution < 1.29 is 0 Å². The van der Waals surface area contributed by atoms with Crippen LogP contribution in [-0.2, 0) is 0 Å². The minimum absolute atomic E-state index is 0.729. The maximum atomic E-state index is 5.78. The van der Waals surface area contributed by atoms with Gasteiger partial charge in [0.25, 0.3) is 0 Å². The first-order valence-corrected chi connectivity index (χ1v) is 64.3. The van der Waals surface area contributed by atoms with Crippen molar-refractivity contribution in [1.82, 2.24) is 0 Å². The summed E-state index contributed by atoms with van der Waals surface area (Å²) in [6.45, 7) is 14.0. The highest BCUT2D eigenvalue weighted by atomic mass is 32.2. The van der Waals surface area contributed by atoms with Gasteiger partial charge in [-0.05, 0) is 109 Å². The number of fused-ring (bicyclic) bond motifs is 12. The topological polar surface area (TPSA) is 74.2 Å². The van der Waals surface area contributed by atoms with Crippen molar-refractivity contribution in [2.75, 3.05) is 34.5 Å². The highest BCUT2D eigenvalue weighted by molar-refractivity contribution is 8.03. The summed E-state index contributed by atoms with van der Waals surface area (Å²) in [6, 6.07) is 15.0. The van der Waals surface area contributed by atoms with E-state index in [9.17, 15) is 0 Å². The third-order valence-corrected chi connectivity index (χ3v) is 35.7. The summed E-state index contributed by atoms with van der Waals surface area (Å²) < 4.78 is 0. The first kappa shape index (κ1) is 117. The van der Waals surface area contributed by atoms with Crippen molar-refractivity contribution in [2.24, 2.45) is 30.0 Å². The van der Waals surface area contributed by atoms with E-state index < -0.39 is 0 Å². The van der Waals surface area contributed by atoms with Gasteiger partial charge in [0.2, 0.25) is 0 Å². The van der Waals surface area contributed by atoms with Gasteiger partial charge in [0.05, 0.1) is 0 Å². The number of benzene rings is 3. The summed E-state index contributed by atoms with van der Waals surface area (Å²) in [5.74, 6) is 11.1. The van der Waals surface area contributed by atoms with Crippen LogP contribution in [0.25, 0.3) is 0 Å². The van der Waals surface area contributed by atoms with E-state index in [-0.39, 0.29) is 0 Å².